The fourth-order valence-corrected chi connectivity index (χ4v) is 3.13. The number of hydrogen-bond acceptors (Lipinski definition) is 7. The summed E-state index contributed by atoms with van der Waals surface area (Å²) in [5.41, 5.74) is 1.82. The Hall–Kier alpha value is -2.17. The summed E-state index contributed by atoms with van der Waals surface area (Å²) in [6, 6.07) is 5.30. The van der Waals surface area contributed by atoms with Gasteiger partial charge in [0.1, 0.15) is 24.1 Å². The standard InChI is InChI=1S/C18H24N2O7/c1-20(2)7-6-9-8-19-10-4-3-5-11(12(9)10)26-18-15(23)13(21)14(22)16(27-18)17(24)25/h3-5,8,13-16,18-19,21-23H,6-7H2,1-2H3,(H,24,25)/t13-,14-,15+,16-,18+/m0/s1. The van der Waals surface area contributed by atoms with Crippen molar-refractivity contribution in [1.82, 2.24) is 9.88 Å². The molecule has 9 heteroatoms. The molecule has 0 spiro atoms. The summed E-state index contributed by atoms with van der Waals surface area (Å²) >= 11 is 0. The van der Waals surface area contributed by atoms with E-state index in [1.165, 1.54) is 0 Å². The molecule has 2 heterocycles. The largest absolute Gasteiger partial charge is 0.479 e. The van der Waals surface area contributed by atoms with E-state index in [9.17, 15) is 20.1 Å². The van der Waals surface area contributed by atoms with Crippen molar-refractivity contribution < 1.29 is 34.7 Å². The summed E-state index contributed by atoms with van der Waals surface area (Å²) < 4.78 is 11.0. The molecule has 5 atom stereocenters. The molecule has 1 saturated heterocycles. The van der Waals surface area contributed by atoms with E-state index in [0.29, 0.717) is 5.75 Å². The van der Waals surface area contributed by atoms with Gasteiger partial charge in [-0.05, 0) is 38.2 Å². The highest BCUT2D eigenvalue weighted by Crippen LogP contribution is 2.32. The zero-order valence-electron chi connectivity index (χ0n) is 15.1. The van der Waals surface area contributed by atoms with Crippen LogP contribution in [0.15, 0.2) is 24.4 Å². The first-order valence-electron chi connectivity index (χ1n) is 8.62. The van der Waals surface area contributed by atoms with E-state index in [2.05, 4.69) is 4.98 Å². The number of rotatable bonds is 6. The lowest BCUT2D eigenvalue weighted by Gasteiger charge is -2.38. The summed E-state index contributed by atoms with van der Waals surface area (Å²) in [4.78, 5) is 16.5. The molecule has 5 N–H and O–H groups in total. The number of aliphatic hydroxyl groups excluding tert-OH is 3. The van der Waals surface area contributed by atoms with Crippen LogP contribution >= 0.6 is 0 Å². The van der Waals surface area contributed by atoms with E-state index in [4.69, 9.17) is 14.6 Å². The molecular formula is C18H24N2O7. The number of nitrogens with zero attached hydrogens (tertiary/aromatic N) is 1. The maximum atomic E-state index is 11.2. The third-order valence-corrected chi connectivity index (χ3v) is 4.63. The molecule has 27 heavy (non-hydrogen) atoms. The number of aromatic nitrogens is 1. The molecule has 0 aliphatic carbocycles. The highest BCUT2D eigenvalue weighted by Gasteiger charge is 2.48. The first kappa shape index (κ1) is 19.6. The number of ether oxygens (including phenoxy) is 2. The first-order valence-corrected chi connectivity index (χ1v) is 8.62. The number of likely N-dealkylation sites (N-methyl/N-ethyl adjacent to an activating group) is 1. The Kier molecular flexibility index (Phi) is 5.68. The van der Waals surface area contributed by atoms with Crippen LogP contribution in [0, 0.1) is 0 Å². The Balaban J connectivity index is 1.89. The van der Waals surface area contributed by atoms with Gasteiger partial charge in [0.2, 0.25) is 6.29 Å². The monoisotopic (exact) mass is 380 g/mol. The fraction of sp³-hybridized carbons (Fsp3) is 0.500. The van der Waals surface area contributed by atoms with Crippen LogP contribution in [-0.2, 0) is 16.0 Å². The molecule has 1 aliphatic rings. The third kappa shape index (κ3) is 3.92. The molecule has 1 fully saturated rings. The number of aliphatic hydroxyl groups is 3. The van der Waals surface area contributed by atoms with Gasteiger partial charge in [-0.3, -0.25) is 0 Å². The molecule has 9 nitrogen and oxygen atoms in total. The van der Waals surface area contributed by atoms with Crippen LogP contribution in [0.2, 0.25) is 0 Å². The maximum Gasteiger partial charge on any atom is 0.335 e. The SMILES string of the molecule is CN(C)CCc1c[nH]c2cccc(O[C@@H]3O[C@H](C(=O)O)[C@@H](O)[C@H](O)[C@H]3O)c12. The van der Waals surface area contributed by atoms with Crippen molar-refractivity contribution in [2.75, 3.05) is 20.6 Å². The molecule has 0 amide bonds. The van der Waals surface area contributed by atoms with Gasteiger partial charge in [-0.2, -0.15) is 0 Å². The van der Waals surface area contributed by atoms with Crippen LogP contribution in [0.5, 0.6) is 5.75 Å². The molecule has 0 unspecified atom stereocenters. The van der Waals surface area contributed by atoms with Crippen molar-refractivity contribution in [2.24, 2.45) is 0 Å². The Labute approximate surface area is 155 Å². The third-order valence-electron chi connectivity index (χ3n) is 4.63. The van der Waals surface area contributed by atoms with E-state index in [0.717, 1.165) is 29.4 Å². The highest BCUT2D eigenvalue weighted by atomic mass is 16.7. The number of hydrogen-bond donors (Lipinski definition) is 5. The van der Waals surface area contributed by atoms with Gasteiger partial charge in [-0.1, -0.05) is 6.07 Å². The molecular weight excluding hydrogens is 356 g/mol. The second-order valence-corrected chi connectivity index (χ2v) is 6.90. The minimum absolute atomic E-state index is 0.388. The molecule has 1 aliphatic heterocycles. The number of carboxylic acid groups (broad SMARTS) is 1. The summed E-state index contributed by atoms with van der Waals surface area (Å²) in [6.07, 6.45) is -5.58. The predicted molar refractivity (Wildman–Crippen MR) is 95.5 cm³/mol. The van der Waals surface area contributed by atoms with E-state index in [1.807, 2.05) is 31.3 Å². The van der Waals surface area contributed by atoms with Crippen LogP contribution in [0.25, 0.3) is 10.9 Å². The molecule has 0 radical (unpaired) electrons. The number of H-pyrrole nitrogens is 1. The normalized spacial score (nSPS) is 28.6. The van der Waals surface area contributed by atoms with Crippen LogP contribution in [-0.4, -0.2) is 87.6 Å². The van der Waals surface area contributed by atoms with E-state index in [1.54, 1.807) is 12.1 Å². The topological polar surface area (TPSA) is 135 Å². The number of carbonyl (C=O) groups is 1. The minimum Gasteiger partial charge on any atom is -0.479 e. The Morgan fingerprint density at radius 3 is 2.63 bits per heavy atom. The van der Waals surface area contributed by atoms with Crippen LogP contribution < -0.4 is 4.74 Å². The van der Waals surface area contributed by atoms with Gasteiger partial charge in [-0.25, -0.2) is 4.79 Å². The number of carboxylic acids is 1. The Morgan fingerprint density at radius 1 is 1.22 bits per heavy atom. The summed E-state index contributed by atoms with van der Waals surface area (Å²) in [5.74, 6) is -1.06. The van der Waals surface area contributed by atoms with Crippen molar-refractivity contribution >= 4 is 16.9 Å². The van der Waals surface area contributed by atoms with Gasteiger partial charge in [0.05, 0.1) is 0 Å². The Bertz CT molecular complexity index is 806. The predicted octanol–water partition coefficient (Wildman–Crippen LogP) is -0.457. The summed E-state index contributed by atoms with van der Waals surface area (Å²) in [7, 11) is 3.94. The maximum absolute atomic E-state index is 11.2. The van der Waals surface area contributed by atoms with E-state index >= 15 is 0 Å². The zero-order valence-corrected chi connectivity index (χ0v) is 15.1. The lowest BCUT2D eigenvalue weighted by molar-refractivity contribution is -0.270. The zero-order chi connectivity index (χ0) is 19.7. The number of aliphatic carboxylic acids is 1. The lowest BCUT2D eigenvalue weighted by Crippen LogP contribution is -2.61. The lowest BCUT2D eigenvalue weighted by atomic mass is 9.99. The summed E-state index contributed by atoms with van der Waals surface area (Å²) in [6.45, 7) is 0.815. The van der Waals surface area contributed by atoms with Crippen LogP contribution in [0.3, 0.4) is 0 Å². The number of benzene rings is 1. The molecule has 148 valence electrons. The minimum atomic E-state index is -1.75. The molecule has 0 saturated carbocycles. The second-order valence-electron chi connectivity index (χ2n) is 6.90. The average molecular weight is 380 g/mol. The van der Waals surface area contributed by atoms with Gasteiger partial charge in [0, 0.05) is 23.6 Å². The van der Waals surface area contributed by atoms with E-state index in [-0.39, 0.29) is 0 Å². The van der Waals surface area contributed by atoms with E-state index < -0.39 is 36.7 Å². The molecule has 0 bridgehead atoms. The average Bonchev–Trinajstić information content (AvgIpc) is 3.04. The smallest absolute Gasteiger partial charge is 0.335 e. The second kappa shape index (κ2) is 7.83. The highest BCUT2D eigenvalue weighted by molar-refractivity contribution is 5.89. The molecule has 1 aromatic heterocycles. The van der Waals surface area contributed by atoms with Crippen LogP contribution in [0.1, 0.15) is 5.56 Å². The first-order chi connectivity index (χ1) is 12.8. The van der Waals surface area contributed by atoms with Crippen molar-refractivity contribution in [3.63, 3.8) is 0 Å². The fourth-order valence-electron chi connectivity index (χ4n) is 3.13. The Morgan fingerprint density at radius 2 is 1.96 bits per heavy atom. The van der Waals surface area contributed by atoms with Gasteiger partial charge >= 0.3 is 5.97 Å². The van der Waals surface area contributed by atoms with Gasteiger partial charge in [0.25, 0.3) is 0 Å². The quantitative estimate of drug-likeness (QED) is 0.454. The molecule has 2 aromatic rings. The number of fused-ring (bicyclic) bond motifs is 1. The van der Waals surface area contributed by atoms with Gasteiger partial charge in [0.15, 0.2) is 6.10 Å². The van der Waals surface area contributed by atoms with Crippen LogP contribution in [0.4, 0.5) is 0 Å². The summed E-state index contributed by atoms with van der Waals surface area (Å²) in [5, 5.41) is 39.9. The van der Waals surface area contributed by atoms with Gasteiger partial charge < -0.3 is 39.8 Å². The molecule has 1 aromatic carbocycles. The van der Waals surface area contributed by atoms with Crippen molar-refractivity contribution in [3.8, 4) is 5.75 Å². The molecule has 3 rings (SSSR count). The van der Waals surface area contributed by atoms with Crippen molar-refractivity contribution in [2.45, 2.75) is 37.1 Å². The number of aromatic amines is 1. The van der Waals surface area contributed by atoms with Crippen molar-refractivity contribution in [3.05, 3.63) is 30.0 Å². The number of nitrogens with one attached hydrogen (secondary N) is 1. The van der Waals surface area contributed by atoms with Crippen molar-refractivity contribution in [1.29, 1.82) is 0 Å². The van der Waals surface area contributed by atoms with Gasteiger partial charge in [-0.15, -0.1) is 0 Å².